The Morgan fingerprint density at radius 2 is 0.277 bits per heavy atom. The lowest BCUT2D eigenvalue weighted by Gasteiger charge is -2.09. The van der Waals surface area contributed by atoms with Gasteiger partial charge in [-0.05, 0) is 366 Å². The number of hydrogen-bond donors (Lipinski definition) is 0. The van der Waals surface area contributed by atoms with Crippen LogP contribution in [0.2, 0.25) is 0 Å². The molecule has 8 aliphatic carbocycles. The van der Waals surface area contributed by atoms with Crippen molar-refractivity contribution < 1.29 is 0 Å². The molecule has 0 unspecified atom stereocenters. The fourth-order valence-corrected chi connectivity index (χ4v) is 25.5. The van der Waals surface area contributed by atoms with Gasteiger partial charge < -0.3 is 0 Å². The van der Waals surface area contributed by atoms with Gasteiger partial charge in [-0.15, -0.1) is 0 Å². The van der Waals surface area contributed by atoms with E-state index in [4.69, 9.17) is 0 Å². The first kappa shape index (κ1) is 87.6. The van der Waals surface area contributed by atoms with Crippen molar-refractivity contribution in [2.45, 2.75) is 51.4 Å². The Hall–Kier alpha value is -18.2. The van der Waals surface area contributed by atoms with E-state index in [1.807, 2.05) is 0 Å². The second kappa shape index (κ2) is 37.2. The van der Waals surface area contributed by atoms with Crippen LogP contribution in [-0.2, 0) is 51.4 Å². The third kappa shape index (κ3) is 15.7. The molecule has 0 aromatic heterocycles. The molecule has 0 heteroatoms. The van der Waals surface area contributed by atoms with Crippen molar-refractivity contribution in [2.75, 3.05) is 0 Å². The largest absolute Gasteiger partial charge is 0.0619 e. The predicted octanol–water partition coefficient (Wildman–Crippen LogP) is 38.7. The van der Waals surface area contributed by atoms with Gasteiger partial charge in [0.15, 0.2) is 0 Å². The van der Waals surface area contributed by atoms with Crippen LogP contribution in [0.25, 0.3) is 208 Å². The highest BCUT2D eigenvalue weighted by Crippen LogP contribution is 2.51. The van der Waals surface area contributed by atoms with Crippen LogP contribution in [0.15, 0.2) is 522 Å². The standard InChI is InChI=1S/4C21H14.3C17H12.C13H10/c1-3-7-16-12-20-18(9-14(16)5-1)11-19-10-15-6-2-4-8-17(15)13-21(19)20;1-3-7-18-14(5-1)9-11-16-13-17-12-10-15-6-2-4-8-19(15)21(17)20(16)18;1-3-7-16-14(5-1)9-11-18-19-12-10-15-6-2-4-8-17(15)21(19)13-20(16)18;1-3-7-17-14(5-1)11-12-19-20(17)13-16-10-9-15-6-2-4-8-18(15)21(16)19;1-3-7-15-12(5-1)9-10-14-11-13-6-2-4-8-16(13)17(14)15;1-3-7-14-12(5-1)9-10-16-15-8-4-2-6-13(15)11-17(14)16;1-2-6-13-11-17-15(9-12(13)5-1)10-14-7-3-4-8-16(14)17;1-3-7-12-10(5-1)9-11-6-2-4-8-13(11)12/h1-10,12-13H,11H2;3*1-12H,13H2;2*1-10H,11H2;1-9,11H,10H2;1-8H,9H2. The summed E-state index contributed by atoms with van der Waals surface area (Å²) in [5.74, 6) is 0. The van der Waals surface area contributed by atoms with Gasteiger partial charge in [-0.25, -0.2) is 0 Å². The molecule has 27 aromatic rings. The van der Waals surface area contributed by atoms with Crippen LogP contribution < -0.4 is 0 Å². The van der Waals surface area contributed by atoms with Crippen LogP contribution in [0.3, 0.4) is 0 Å². The molecule has 0 saturated heterocycles. The molecule has 35 rings (SSSR count). The van der Waals surface area contributed by atoms with Crippen molar-refractivity contribution >= 4 is 118 Å². The summed E-state index contributed by atoms with van der Waals surface area (Å²) in [5.41, 5.74) is 46.2. The van der Waals surface area contributed by atoms with Gasteiger partial charge in [-0.2, -0.15) is 0 Å². The van der Waals surface area contributed by atoms with Crippen molar-refractivity contribution in [3.8, 4) is 89.0 Å². The average Bonchev–Trinajstić information content (AvgIpc) is 1.59. The number of fused-ring (bicyclic) bond motifs is 43. The summed E-state index contributed by atoms with van der Waals surface area (Å²) in [5, 5.41) is 29.8. The Bertz CT molecular complexity index is 9750. The van der Waals surface area contributed by atoms with E-state index in [1.54, 1.807) is 0 Å². The van der Waals surface area contributed by atoms with Gasteiger partial charge in [0, 0.05) is 0 Å². The summed E-state index contributed by atoms with van der Waals surface area (Å²) < 4.78 is 0. The predicted molar refractivity (Wildman–Crippen MR) is 630 cm³/mol. The molecular formula is C148H102. The zero-order valence-electron chi connectivity index (χ0n) is 82.3. The minimum Gasteiger partial charge on any atom is -0.0619 e. The van der Waals surface area contributed by atoms with Crippen LogP contribution >= 0.6 is 0 Å². The highest BCUT2D eigenvalue weighted by atomic mass is 14.3. The monoisotopic (exact) mass is 1880 g/mol. The van der Waals surface area contributed by atoms with Gasteiger partial charge in [0.25, 0.3) is 0 Å². The van der Waals surface area contributed by atoms with Crippen molar-refractivity contribution in [2.24, 2.45) is 0 Å². The van der Waals surface area contributed by atoms with Crippen molar-refractivity contribution in [3.63, 3.8) is 0 Å². The lowest BCUT2D eigenvalue weighted by molar-refractivity contribution is 1.26. The fraction of sp³-hybridized carbons (Fsp3) is 0.0541. The molecule has 0 bridgehead atoms. The minimum absolute atomic E-state index is 1.05. The van der Waals surface area contributed by atoms with E-state index in [0.717, 1.165) is 51.4 Å². The summed E-state index contributed by atoms with van der Waals surface area (Å²) in [4.78, 5) is 0. The number of rotatable bonds is 0. The molecular weight excluding hydrogens is 1780 g/mol. The molecule has 0 radical (unpaired) electrons. The first-order chi connectivity index (χ1) is 73.4. The van der Waals surface area contributed by atoms with Crippen molar-refractivity contribution in [3.05, 3.63) is 611 Å². The Morgan fingerprint density at radius 3 is 0.649 bits per heavy atom. The molecule has 27 aromatic carbocycles. The van der Waals surface area contributed by atoms with Crippen LogP contribution in [0.1, 0.15) is 89.0 Å². The van der Waals surface area contributed by atoms with E-state index in [1.165, 1.54) is 297 Å². The van der Waals surface area contributed by atoms with Crippen LogP contribution in [-0.4, -0.2) is 0 Å². The van der Waals surface area contributed by atoms with E-state index in [9.17, 15) is 0 Å². The minimum atomic E-state index is 1.05. The molecule has 0 spiro atoms. The Kier molecular flexibility index (Phi) is 22.0. The molecule has 0 nitrogen and oxygen atoms in total. The van der Waals surface area contributed by atoms with Crippen molar-refractivity contribution in [1.29, 1.82) is 0 Å². The normalized spacial score (nSPS) is 12.5. The van der Waals surface area contributed by atoms with Crippen molar-refractivity contribution in [1.82, 2.24) is 0 Å². The summed E-state index contributed by atoms with van der Waals surface area (Å²) in [6, 6.07) is 189. The Balaban J connectivity index is 0.0000000819. The molecule has 0 heterocycles. The molecule has 8 aliphatic rings. The van der Waals surface area contributed by atoms with Gasteiger partial charge >= 0.3 is 0 Å². The zero-order chi connectivity index (χ0) is 97.6. The summed E-state index contributed by atoms with van der Waals surface area (Å²) in [6.45, 7) is 0. The lowest BCUT2D eigenvalue weighted by Crippen LogP contribution is -1.84. The first-order valence-corrected chi connectivity index (χ1v) is 52.4. The fourth-order valence-electron chi connectivity index (χ4n) is 25.5. The molecule has 0 saturated carbocycles. The second-order valence-electron chi connectivity index (χ2n) is 40.8. The van der Waals surface area contributed by atoms with Gasteiger partial charge in [0.1, 0.15) is 0 Å². The van der Waals surface area contributed by atoms with Gasteiger partial charge in [0.05, 0.1) is 0 Å². The lowest BCUT2D eigenvalue weighted by atomic mass is 9.94. The summed E-state index contributed by atoms with van der Waals surface area (Å²) >= 11 is 0. The van der Waals surface area contributed by atoms with Gasteiger partial charge in [-0.1, -0.05) is 504 Å². The molecule has 0 N–H and O–H groups in total. The molecule has 0 amide bonds. The van der Waals surface area contributed by atoms with Crippen LogP contribution in [0.5, 0.6) is 0 Å². The van der Waals surface area contributed by atoms with E-state index < -0.39 is 0 Å². The zero-order valence-corrected chi connectivity index (χ0v) is 82.3. The third-order valence-corrected chi connectivity index (χ3v) is 32.5. The molecule has 148 heavy (non-hydrogen) atoms. The quantitative estimate of drug-likeness (QED) is 0.142. The average molecular weight is 1880 g/mol. The summed E-state index contributed by atoms with van der Waals surface area (Å²) in [7, 11) is 0. The number of benzene rings is 27. The maximum Gasteiger partial charge on any atom is -0.000112 e. The SMILES string of the molecule is c1ccc2c(c1)Cc1c-2ccc2ccccc12.c1ccc2c(c1)Cc1cc3ccccc3cc1-2.c1ccc2c(c1)Cc1ccc3ccccc3c1-2.c1ccc2c(c1)Cc1ccccc1-2.c1ccc2c3c(ccc2c1)-c1c(ccc2ccccc12)C3.c1ccc2c3c(ccc2c1)-c1ccc2ccccc2c1C3.c1ccc2c3c(ccc2c1)Cc1ccc2ccccc2c1-3.c1ccc2cc3c(cc2c1)Cc1cc2ccccc2cc1-3. The molecule has 694 valence electrons. The smallest absolute Gasteiger partial charge is 0.000112 e. The summed E-state index contributed by atoms with van der Waals surface area (Å²) in [6.07, 6.45) is 8.55. The highest BCUT2D eigenvalue weighted by molar-refractivity contribution is 6.12. The maximum atomic E-state index is 2.36. The third-order valence-electron chi connectivity index (χ3n) is 32.5. The van der Waals surface area contributed by atoms with E-state index in [2.05, 4.69) is 522 Å². The first-order valence-electron chi connectivity index (χ1n) is 52.4. The van der Waals surface area contributed by atoms with E-state index in [-0.39, 0.29) is 0 Å². The van der Waals surface area contributed by atoms with Gasteiger partial charge in [0.2, 0.25) is 0 Å². The molecule has 0 aliphatic heterocycles. The van der Waals surface area contributed by atoms with E-state index in [0.29, 0.717) is 0 Å². The van der Waals surface area contributed by atoms with E-state index >= 15 is 0 Å². The molecule has 0 fully saturated rings. The molecule has 0 atom stereocenters. The topological polar surface area (TPSA) is 0 Å². The number of hydrogen-bond acceptors (Lipinski definition) is 0. The van der Waals surface area contributed by atoms with Crippen LogP contribution in [0.4, 0.5) is 0 Å². The van der Waals surface area contributed by atoms with Gasteiger partial charge in [-0.3, -0.25) is 0 Å². The second-order valence-corrected chi connectivity index (χ2v) is 40.8. The Labute approximate surface area is 863 Å². The maximum absolute atomic E-state index is 2.36. The van der Waals surface area contributed by atoms with Crippen LogP contribution in [0, 0.1) is 0 Å². The Morgan fingerprint density at radius 1 is 0.0878 bits per heavy atom. The highest BCUT2D eigenvalue weighted by Gasteiger charge is 2.30.